The van der Waals surface area contributed by atoms with Crippen LogP contribution < -0.4 is 4.74 Å². The van der Waals surface area contributed by atoms with E-state index in [1.165, 1.54) is 13.2 Å². The molecule has 0 amide bonds. The van der Waals surface area contributed by atoms with Crippen LogP contribution in [0.5, 0.6) is 5.75 Å². The number of hydrogen-bond donors (Lipinski definition) is 0. The van der Waals surface area contributed by atoms with E-state index in [9.17, 15) is 8.42 Å². The Kier molecular flexibility index (Phi) is 4.85. The first-order valence-electron chi connectivity index (χ1n) is 7.16. The third-order valence-electron chi connectivity index (χ3n) is 3.97. The lowest BCUT2D eigenvalue weighted by Crippen LogP contribution is -2.42. The maximum Gasteiger partial charge on any atom is 0.243 e. The molecular formula is C15H22ClNO3S. The molecule has 1 aliphatic rings. The second-order valence-corrected chi connectivity index (χ2v) is 8.10. The summed E-state index contributed by atoms with van der Waals surface area (Å²) in [6.07, 6.45) is 1.86. The van der Waals surface area contributed by atoms with E-state index in [1.807, 2.05) is 20.8 Å². The van der Waals surface area contributed by atoms with E-state index in [0.717, 1.165) is 12.8 Å². The average molecular weight is 332 g/mol. The lowest BCUT2D eigenvalue weighted by Gasteiger charge is -2.31. The minimum atomic E-state index is -3.54. The first-order chi connectivity index (χ1) is 9.78. The molecule has 0 heterocycles. The molecule has 1 unspecified atom stereocenters. The molecule has 0 bridgehead atoms. The summed E-state index contributed by atoms with van der Waals surface area (Å²) in [6, 6.07) is 4.71. The Morgan fingerprint density at radius 3 is 2.33 bits per heavy atom. The van der Waals surface area contributed by atoms with Crippen LogP contribution in [0.15, 0.2) is 23.1 Å². The topological polar surface area (TPSA) is 46.6 Å². The van der Waals surface area contributed by atoms with Crippen molar-refractivity contribution >= 4 is 21.6 Å². The lowest BCUT2D eigenvalue weighted by atomic mass is 10.1. The summed E-state index contributed by atoms with van der Waals surface area (Å²) in [5, 5.41) is 0.312. The highest BCUT2D eigenvalue weighted by Gasteiger charge is 2.41. The Morgan fingerprint density at radius 1 is 1.29 bits per heavy atom. The molecule has 0 saturated heterocycles. The van der Waals surface area contributed by atoms with Gasteiger partial charge in [0.25, 0.3) is 0 Å². The van der Waals surface area contributed by atoms with Gasteiger partial charge in [-0.3, -0.25) is 0 Å². The smallest absolute Gasteiger partial charge is 0.243 e. The van der Waals surface area contributed by atoms with Crippen molar-refractivity contribution in [1.82, 2.24) is 4.31 Å². The van der Waals surface area contributed by atoms with Crippen molar-refractivity contribution in [2.45, 2.75) is 50.6 Å². The molecule has 1 aromatic carbocycles. The van der Waals surface area contributed by atoms with Crippen molar-refractivity contribution in [3.05, 3.63) is 23.2 Å². The van der Waals surface area contributed by atoms with Crippen LogP contribution in [0.4, 0.5) is 0 Å². The predicted molar refractivity (Wildman–Crippen MR) is 84.4 cm³/mol. The van der Waals surface area contributed by atoms with Crippen LogP contribution >= 0.6 is 11.6 Å². The monoisotopic (exact) mass is 331 g/mol. The predicted octanol–water partition coefficient (Wildman–Crippen LogP) is 3.55. The normalized spacial score (nSPS) is 17.3. The van der Waals surface area contributed by atoms with Gasteiger partial charge < -0.3 is 4.74 Å². The van der Waals surface area contributed by atoms with Crippen LogP contribution in [0.1, 0.15) is 33.6 Å². The molecule has 0 aliphatic heterocycles. The number of sulfonamides is 1. The van der Waals surface area contributed by atoms with E-state index >= 15 is 0 Å². The number of nitrogens with zero attached hydrogens (tertiary/aromatic N) is 1. The van der Waals surface area contributed by atoms with Gasteiger partial charge in [-0.2, -0.15) is 4.31 Å². The summed E-state index contributed by atoms with van der Waals surface area (Å²) >= 11 is 6.07. The molecule has 1 aromatic rings. The molecule has 2 rings (SSSR count). The van der Waals surface area contributed by atoms with Crippen molar-refractivity contribution < 1.29 is 13.2 Å². The molecule has 1 aliphatic carbocycles. The highest BCUT2D eigenvalue weighted by molar-refractivity contribution is 7.89. The number of benzene rings is 1. The van der Waals surface area contributed by atoms with Gasteiger partial charge in [-0.15, -0.1) is 0 Å². The summed E-state index contributed by atoms with van der Waals surface area (Å²) in [5.41, 5.74) is 0. The summed E-state index contributed by atoms with van der Waals surface area (Å²) in [6.45, 7) is 6.04. The van der Waals surface area contributed by atoms with Crippen molar-refractivity contribution in [3.63, 3.8) is 0 Å². The first-order valence-corrected chi connectivity index (χ1v) is 8.98. The van der Waals surface area contributed by atoms with E-state index in [4.69, 9.17) is 16.3 Å². The molecule has 0 aromatic heterocycles. The number of halogens is 1. The number of methoxy groups -OCH3 is 1. The minimum absolute atomic E-state index is 0.0385. The Bertz CT molecular complexity index is 611. The summed E-state index contributed by atoms with van der Waals surface area (Å²) in [5.74, 6) is 0.736. The van der Waals surface area contributed by atoms with Gasteiger partial charge >= 0.3 is 0 Å². The second-order valence-electron chi connectivity index (χ2n) is 5.85. The fourth-order valence-corrected chi connectivity index (χ4v) is 4.66. The van der Waals surface area contributed by atoms with E-state index in [1.54, 1.807) is 16.4 Å². The van der Waals surface area contributed by atoms with Gasteiger partial charge in [-0.25, -0.2) is 8.42 Å². The van der Waals surface area contributed by atoms with Crippen LogP contribution in [-0.2, 0) is 10.0 Å². The maximum atomic E-state index is 12.9. The molecule has 4 nitrogen and oxygen atoms in total. The van der Waals surface area contributed by atoms with Gasteiger partial charge in [0.05, 0.1) is 17.0 Å². The highest BCUT2D eigenvalue weighted by Crippen LogP contribution is 2.37. The molecule has 1 fully saturated rings. The molecule has 1 atom stereocenters. The highest BCUT2D eigenvalue weighted by atomic mass is 35.5. The zero-order valence-electron chi connectivity index (χ0n) is 12.8. The molecule has 118 valence electrons. The SMILES string of the molecule is COc1ccc(S(=O)(=O)N(C2CC2)C(C)C(C)C)cc1Cl. The quantitative estimate of drug-likeness (QED) is 0.801. The van der Waals surface area contributed by atoms with Crippen molar-refractivity contribution in [2.75, 3.05) is 7.11 Å². The van der Waals surface area contributed by atoms with Crippen LogP contribution in [0.3, 0.4) is 0 Å². The van der Waals surface area contributed by atoms with Crippen molar-refractivity contribution in [3.8, 4) is 5.75 Å². The molecule has 0 radical (unpaired) electrons. The Morgan fingerprint density at radius 2 is 1.90 bits per heavy atom. The summed E-state index contributed by atoms with van der Waals surface area (Å²) in [7, 11) is -2.03. The first kappa shape index (κ1) is 16.6. The van der Waals surface area contributed by atoms with E-state index in [2.05, 4.69) is 0 Å². The molecule has 1 saturated carbocycles. The van der Waals surface area contributed by atoms with Gasteiger partial charge in [0, 0.05) is 12.1 Å². The van der Waals surface area contributed by atoms with Gasteiger partial charge in [0.15, 0.2) is 0 Å². The van der Waals surface area contributed by atoms with Crippen LogP contribution in [0, 0.1) is 5.92 Å². The molecule has 21 heavy (non-hydrogen) atoms. The fourth-order valence-electron chi connectivity index (χ4n) is 2.30. The van der Waals surface area contributed by atoms with Gasteiger partial charge in [0.1, 0.15) is 5.75 Å². The zero-order chi connectivity index (χ0) is 15.8. The van der Waals surface area contributed by atoms with Gasteiger partial charge in [0.2, 0.25) is 10.0 Å². The van der Waals surface area contributed by atoms with Gasteiger partial charge in [-0.05, 0) is 43.9 Å². The van der Waals surface area contributed by atoms with Crippen molar-refractivity contribution in [1.29, 1.82) is 0 Å². The third-order valence-corrected chi connectivity index (χ3v) is 6.30. The largest absolute Gasteiger partial charge is 0.495 e. The lowest BCUT2D eigenvalue weighted by molar-refractivity contribution is 0.269. The van der Waals surface area contributed by atoms with Crippen LogP contribution in [-0.4, -0.2) is 31.9 Å². The Labute approximate surface area is 132 Å². The standard InChI is InChI=1S/C15H22ClNO3S/c1-10(2)11(3)17(12-5-6-12)21(18,19)13-7-8-15(20-4)14(16)9-13/h7-12H,5-6H2,1-4H3. The molecule has 0 N–H and O–H groups in total. The Hall–Kier alpha value is -0.780. The minimum Gasteiger partial charge on any atom is -0.495 e. The second kappa shape index (κ2) is 6.15. The number of ether oxygens (including phenoxy) is 1. The Balaban J connectivity index is 2.41. The summed E-state index contributed by atoms with van der Waals surface area (Å²) < 4.78 is 32.6. The van der Waals surface area contributed by atoms with E-state index in [-0.39, 0.29) is 22.9 Å². The van der Waals surface area contributed by atoms with E-state index in [0.29, 0.717) is 10.8 Å². The van der Waals surface area contributed by atoms with Crippen molar-refractivity contribution in [2.24, 2.45) is 5.92 Å². The summed E-state index contributed by atoms with van der Waals surface area (Å²) in [4.78, 5) is 0.229. The maximum absolute atomic E-state index is 12.9. The molecular weight excluding hydrogens is 310 g/mol. The molecule has 0 spiro atoms. The zero-order valence-corrected chi connectivity index (χ0v) is 14.4. The third kappa shape index (κ3) is 3.35. The molecule has 6 heteroatoms. The average Bonchev–Trinajstić information content (AvgIpc) is 3.22. The van der Waals surface area contributed by atoms with E-state index < -0.39 is 10.0 Å². The van der Waals surface area contributed by atoms with Crippen LogP contribution in [0.25, 0.3) is 0 Å². The number of rotatable bonds is 6. The number of hydrogen-bond acceptors (Lipinski definition) is 3. The van der Waals surface area contributed by atoms with Crippen LogP contribution in [0.2, 0.25) is 5.02 Å². The fraction of sp³-hybridized carbons (Fsp3) is 0.600. The van der Waals surface area contributed by atoms with Gasteiger partial charge in [-0.1, -0.05) is 25.4 Å².